The van der Waals surface area contributed by atoms with Crippen molar-refractivity contribution in [1.82, 2.24) is 0 Å². The van der Waals surface area contributed by atoms with Gasteiger partial charge in [-0.25, -0.2) is 0 Å². The minimum Gasteiger partial charge on any atom is -0.393 e. The summed E-state index contributed by atoms with van der Waals surface area (Å²) in [7, 11) is 0. The van der Waals surface area contributed by atoms with Crippen molar-refractivity contribution in [3.05, 3.63) is 0 Å². The fourth-order valence-corrected chi connectivity index (χ4v) is 1.15. The Morgan fingerprint density at radius 2 is 1.50 bits per heavy atom. The van der Waals surface area contributed by atoms with Crippen LogP contribution >= 0.6 is 0 Å². The molecule has 0 aromatic heterocycles. The van der Waals surface area contributed by atoms with E-state index in [2.05, 4.69) is 0 Å². The maximum atomic E-state index is 10.00. The van der Waals surface area contributed by atoms with E-state index in [1.807, 2.05) is 41.5 Å². The van der Waals surface area contributed by atoms with E-state index in [1.165, 1.54) is 0 Å². The van der Waals surface area contributed by atoms with Crippen LogP contribution in [0.2, 0.25) is 0 Å². The minimum absolute atomic E-state index is 0.0902. The molecule has 0 rings (SSSR count). The molecule has 0 heterocycles. The van der Waals surface area contributed by atoms with E-state index in [1.54, 1.807) is 0 Å². The SMILES string of the molecule is CC(C)C(C)(O)CCC(O)C(C)(C)C. The van der Waals surface area contributed by atoms with Crippen LogP contribution in [0, 0.1) is 11.3 Å². The van der Waals surface area contributed by atoms with Crippen LogP contribution in [0.1, 0.15) is 54.4 Å². The van der Waals surface area contributed by atoms with E-state index in [4.69, 9.17) is 0 Å². The van der Waals surface area contributed by atoms with E-state index in [0.29, 0.717) is 12.8 Å². The molecule has 0 aliphatic heterocycles. The number of hydrogen-bond donors (Lipinski definition) is 2. The van der Waals surface area contributed by atoms with Crippen LogP contribution in [-0.4, -0.2) is 21.9 Å². The van der Waals surface area contributed by atoms with Crippen molar-refractivity contribution in [2.24, 2.45) is 11.3 Å². The molecule has 0 aliphatic carbocycles. The van der Waals surface area contributed by atoms with Gasteiger partial charge in [0.1, 0.15) is 0 Å². The van der Waals surface area contributed by atoms with Crippen molar-refractivity contribution >= 4 is 0 Å². The summed E-state index contributed by atoms with van der Waals surface area (Å²) in [6.07, 6.45) is 0.977. The van der Waals surface area contributed by atoms with Crippen molar-refractivity contribution in [2.75, 3.05) is 0 Å². The molecular formula is C12H26O2. The molecule has 0 spiro atoms. The van der Waals surface area contributed by atoms with Crippen molar-refractivity contribution in [3.63, 3.8) is 0 Å². The molecule has 0 aliphatic rings. The Morgan fingerprint density at radius 3 is 1.79 bits per heavy atom. The first-order chi connectivity index (χ1) is 6.07. The Bertz CT molecular complexity index is 166. The Morgan fingerprint density at radius 1 is 1.07 bits per heavy atom. The Hall–Kier alpha value is -0.0800. The second-order valence-corrected chi connectivity index (χ2v) is 5.93. The van der Waals surface area contributed by atoms with Crippen molar-refractivity contribution in [3.8, 4) is 0 Å². The largest absolute Gasteiger partial charge is 0.393 e. The monoisotopic (exact) mass is 202 g/mol. The van der Waals surface area contributed by atoms with Gasteiger partial charge in [0.15, 0.2) is 0 Å². The summed E-state index contributed by atoms with van der Waals surface area (Å²) >= 11 is 0. The highest BCUT2D eigenvalue weighted by Gasteiger charge is 2.29. The predicted octanol–water partition coefficient (Wildman–Crippen LogP) is 2.58. The average molecular weight is 202 g/mol. The summed E-state index contributed by atoms with van der Waals surface area (Å²) in [5, 5.41) is 19.8. The molecule has 0 saturated carbocycles. The summed E-state index contributed by atoms with van der Waals surface area (Å²) in [5.41, 5.74) is -0.751. The van der Waals surface area contributed by atoms with Gasteiger partial charge in [-0.2, -0.15) is 0 Å². The quantitative estimate of drug-likeness (QED) is 0.735. The molecule has 14 heavy (non-hydrogen) atoms. The van der Waals surface area contributed by atoms with Crippen LogP contribution in [0.4, 0.5) is 0 Å². The molecule has 2 unspecified atom stereocenters. The van der Waals surface area contributed by atoms with Gasteiger partial charge in [0, 0.05) is 0 Å². The first-order valence-corrected chi connectivity index (χ1v) is 5.48. The molecule has 2 N–H and O–H groups in total. The van der Waals surface area contributed by atoms with Crippen LogP contribution in [0.15, 0.2) is 0 Å². The molecule has 0 saturated heterocycles. The van der Waals surface area contributed by atoms with Crippen LogP contribution in [0.25, 0.3) is 0 Å². The van der Waals surface area contributed by atoms with E-state index >= 15 is 0 Å². The van der Waals surface area contributed by atoms with Crippen LogP contribution in [0.5, 0.6) is 0 Å². The molecule has 0 aromatic carbocycles. The van der Waals surface area contributed by atoms with Crippen molar-refractivity contribution < 1.29 is 10.2 Å². The molecule has 0 radical (unpaired) electrons. The lowest BCUT2D eigenvalue weighted by atomic mass is 9.81. The van der Waals surface area contributed by atoms with E-state index < -0.39 is 5.60 Å². The zero-order valence-electron chi connectivity index (χ0n) is 10.5. The fraction of sp³-hybridized carbons (Fsp3) is 1.00. The van der Waals surface area contributed by atoms with Gasteiger partial charge in [0.05, 0.1) is 11.7 Å². The third-order valence-electron chi connectivity index (χ3n) is 3.17. The normalized spacial score (nSPS) is 19.5. The molecule has 86 valence electrons. The van der Waals surface area contributed by atoms with Gasteiger partial charge in [-0.3, -0.25) is 0 Å². The van der Waals surface area contributed by atoms with Gasteiger partial charge in [-0.05, 0) is 31.1 Å². The summed E-state index contributed by atoms with van der Waals surface area (Å²) in [6, 6.07) is 0. The number of rotatable bonds is 4. The predicted molar refractivity (Wildman–Crippen MR) is 60.2 cm³/mol. The highest BCUT2D eigenvalue weighted by atomic mass is 16.3. The summed E-state index contributed by atoms with van der Waals surface area (Å²) in [6.45, 7) is 11.9. The Balaban J connectivity index is 4.07. The lowest BCUT2D eigenvalue weighted by molar-refractivity contribution is -0.0225. The molecule has 0 fully saturated rings. The molecule has 0 amide bonds. The van der Waals surface area contributed by atoms with E-state index in [0.717, 1.165) is 0 Å². The highest BCUT2D eigenvalue weighted by Crippen LogP contribution is 2.28. The highest BCUT2D eigenvalue weighted by molar-refractivity contribution is 4.80. The first kappa shape index (κ1) is 13.9. The van der Waals surface area contributed by atoms with Gasteiger partial charge in [-0.1, -0.05) is 34.6 Å². The zero-order valence-corrected chi connectivity index (χ0v) is 10.5. The lowest BCUT2D eigenvalue weighted by Crippen LogP contribution is -2.34. The average Bonchev–Trinajstić information content (AvgIpc) is 1.98. The minimum atomic E-state index is -0.660. The smallest absolute Gasteiger partial charge is 0.0643 e. The summed E-state index contributed by atoms with van der Waals surface area (Å²) in [5.74, 6) is 0.231. The molecule has 2 atom stereocenters. The fourth-order valence-electron chi connectivity index (χ4n) is 1.15. The number of aliphatic hydroxyl groups is 2. The number of aliphatic hydroxyl groups excluding tert-OH is 1. The molecule has 2 nitrogen and oxygen atoms in total. The van der Waals surface area contributed by atoms with Crippen LogP contribution < -0.4 is 0 Å². The van der Waals surface area contributed by atoms with Gasteiger partial charge in [-0.15, -0.1) is 0 Å². The second kappa shape index (κ2) is 4.63. The Labute approximate surface area is 88.3 Å². The van der Waals surface area contributed by atoms with Gasteiger partial charge >= 0.3 is 0 Å². The zero-order chi connectivity index (χ0) is 11.6. The lowest BCUT2D eigenvalue weighted by Gasteiger charge is -2.32. The van der Waals surface area contributed by atoms with Crippen molar-refractivity contribution in [2.45, 2.75) is 66.1 Å². The Kier molecular flexibility index (Phi) is 4.60. The van der Waals surface area contributed by atoms with Gasteiger partial charge in [0.25, 0.3) is 0 Å². The van der Waals surface area contributed by atoms with Gasteiger partial charge < -0.3 is 10.2 Å². The van der Waals surface area contributed by atoms with Crippen LogP contribution in [-0.2, 0) is 0 Å². The molecule has 0 aromatic rings. The maximum absolute atomic E-state index is 10.00. The molecule has 2 heteroatoms. The topological polar surface area (TPSA) is 40.5 Å². The van der Waals surface area contributed by atoms with E-state index in [-0.39, 0.29) is 17.4 Å². The number of hydrogen-bond acceptors (Lipinski definition) is 2. The first-order valence-electron chi connectivity index (χ1n) is 5.48. The van der Waals surface area contributed by atoms with E-state index in [9.17, 15) is 10.2 Å². The standard InChI is InChI=1S/C12H26O2/c1-9(2)12(6,14)8-7-10(13)11(3,4)5/h9-10,13-14H,7-8H2,1-6H3. The molecule has 0 bridgehead atoms. The summed E-state index contributed by atoms with van der Waals surface area (Å²) in [4.78, 5) is 0. The second-order valence-electron chi connectivity index (χ2n) is 5.93. The van der Waals surface area contributed by atoms with Crippen molar-refractivity contribution in [1.29, 1.82) is 0 Å². The third-order valence-corrected chi connectivity index (χ3v) is 3.17. The molecular weight excluding hydrogens is 176 g/mol. The maximum Gasteiger partial charge on any atom is 0.0643 e. The van der Waals surface area contributed by atoms with Gasteiger partial charge in [0.2, 0.25) is 0 Å². The summed E-state index contributed by atoms with van der Waals surface area (Å²) < 4.78 is 0. The third kappa shape index (κ3) is 4.43. The van der Waals surface area contributed by atoms with Crippen LogP contribution in [0.3, 0.4) is 0 Å².